The van der Waals surface area contributed by atoms with Gasteiger partial charge in [0.1, 0.15) is 22.0 Å². The minimum atomic E-state index is -5.38. The highest BCUT2D eigenvalue weighted by Crippen LogP contribution is 2.49. The maximum Gasteiger partial charge on any atom is 0.296 e. The molecular weight excluding hydrogens is 1310 g/mol. The van der Waals surface area contributed by atoms with Crippen LogP contribution in [0.15, 0.2) is 240 Å². The van der Waals surface area contributed by atoms with Crippen LogP contribution in [0.1, 0.15) is 0 Å². The molecule has 0 aromatic heterocycles. The Morgan fingerprint density at radius 1 is 0.297 bits per heavy atom. The van der Waals surface area contributed by atoms with Gasteiger partial charge in [-0.3, -0.25) is 27.3 Å². The Labute approximate surface area is 513 Å². The summed E-state index contributed by atoms with van der Waals surface area (Å²) in [4.78, 5) is -4.50. The van der Waals surface area contributed by atoms with E-state index in [1.54, 1.807) is 42.5 Å². The molecule has 0 fully saturated rings. The van der Waals surface area contributed by atoms with Crippen LogP contribution in [0.2, 0.25) is 0 Å². The van der Waals surface area contributed by atoms with Gasteiger partial charge >= 0.3 is 0 Å². The van der Waals surface area contributed by atoms with Gasteiger partial charge in [-0.05, 0) is 126 Å². The lowest BCUT2D eigenvalue weighted by Gasteiger charge is -2.15. The number of para-hydroxylation sites is 1. The molecule has 0 aliphatic rings. The van der Waals surface area contributed by atoms with E-state index in [0.717, 1.165) is 48.5 Å². The first-order valence-electron chi connectivity index (χ1n) is 25.3. The zero-order valence-electron chi connectivity index (χ0n) is 45.2. The first-order valence-corrected chi connectivity index (χ1v) is 34.0. The zero-order chi connectivity index (χ0) is 65.3. The van der Waals surface area contributed by atoms with E-state index in [-0.39, 0.29) is 88.3 Å². The molecule has 0 saturated heterocycles. The lowest BCUT2D eigenvalue weighted by atomic mass is 10.0. The van der Waals surface area contributed by atoms with Crippen molar-refractivity contribution < 1.29 is 88.0 Å². The third kappa shape index (κ3) is 12.9. The van der Waals surface area contributed by atoms with Crippen LogP contribution < -0.4 is 5.32 Å². The number of fused-ring (bicyclic) bond motifs is 5. The fraction of sp³-hybridized carbons (Fsp3) is 0. The molecule has 0 aliphatic heterocycles. The van der Waals surface area contributed by atoms with Gasteiger partial charge < -0.3 is 15.5 Å². The fourth-order valence-corrected chi connectivity index (χ4v) is 12.8. The maximum absolute atomic E-state index is 13.4. The van der Waals surface area contributed by atoms with E-state index in [9.17, 15) is 88.0 Å². The van der Waals surface area contributed by atoms with Crippen LogP contribution in [0.25, 0.3) is 53.9 Å². The number of phenols is 2. The molecule has 0 spiro atoms. The smallest absolute Gasteiger partial charge is 0.296 e. The Morgan fingerprint density at radius 3 is 1.25 bits per heavy atom. The van der Waals surface area contributed by atoms with Gasteiger partial charge in [0.15, 0.2) is 5.75 Å². The van der Waals surface area contributed by atoms with Crippen LogP contribution in [-0.4, -0.2) is 88.0 Å². The highest BCUT2D eigenvalue weighted by Gasteiger charge is 2.26. The van der Waals surface area contributed by atoms with Gasteiger partial charge in [-0.2, -0.15) is 50.5 Å². The lowest BCUT2D eigenvalue weighted by molar-refractivity contribution is 0.470. The van der Waals surface area contributed by atoms with Crippen LogP contribution >= 0.6 is 0 Å². The number of azo groups is 4. The molecule has 11 aromatic rings. The topological polar surface area (TPSA) is 478 Å². The molecule has 0 radical (unpaired) electrons. The van der Waals surface area contributed by atoms with Crippen molar-refractivity contribution in [2.45, 2.75) is 29.4 Å². The first-order chi connectivity index (χ1) is 42.7. The summed E-state index contributed by atoms with van der Waals surface area (Å²) < 4.78 is 210. The summed E-state index contributed by atoms with van der Waals surface area (Å²) in [6.45, 7) is 0. The van der Waals surface area contributed by atoms with Crippen molar-refractivity contribution in [3.05, 3.63) is 170 Å². The molecule has 29 nitrogen and oxygen atoms in total. The second kappa shape index (κ2) is 23.1. The van der Waals surface area contributed by atoms with Crippen molar-refractivity contribution in [1.82, 2.24) is 0 Å². The van der Waals surface area contributed by atoms with Crippen LogP contribution in [0, 0.1) is 0 Å². The number of phenolic OH excluding ortho intramolecular Hbond substituents is 2. The number of nitrogens with one attached hydrogen (secondary N) is 1. The van der Waals surface area contributed by atoms with Crippen LogP contribution in [0.3, 0.4) is 0 Å². The Hall–Kier alpha value is -10.0. The zero-order valence-corrected chi connectivity index (χ0v) is 50.1. The van der Waals surface area contributed by atoms with Crippen LogP contribution in [0.4, 0.5) is 56.9 Å². The second-order valence-corrected chi connectivity index (χ2v) is 28.0. The van der Waals surface area contributed by atoms with Gasteiger partial charge in [0, 0.05) is 49.5 Å². The van der Waals surface area contributed by atoms with Crippen molar-refractivity contribution in [3.63, 3.8) is 0 Å². The molecule has 11 rings (SSSR count). The molecule has 0 heterocycles. The minimum Gasteiger partial charge on any atom is -0.507 e. The summed E-state index contributed by atoms with van der Waals surface area (Å²) in [5, 5.41) is 59.4. The molecule has 35 heteroatoms. The van der Waals surface area contributed by atoms with Crippen molar-refractivity contribution in [3.8, 4) is 11.5 Å². The molecule has 0 atom stereocenters. The summed E-state index contributed by atoms with van der Waals surface area (Å²) in [6.07, 6.45) is 0. The van der Waals surface area contributed by atoms with Gasteiger partial charge in [-0.25, -0.2) is 0 Å². The molecule has 0 bridgehead atoms. The molecule has 0 aliphatic carbocycles. The van der Waals surface area contributed by atoms with Gasteiger partial charge in [0.05, 0.1) is 69.7 Å². The highest BCUT2D eigenvalue weighted by atomic mass is 32.2. The lowest BCUT2D eigenvalue weighted by Crippen LogP contribution is -2.00. The van der Waals surface area contributed by atoms with E-state index in [0.29, 0.717) is 17.1 Å². The monoisotopic (exact) mass is 1350 g/mol. The van der Waals surface area contributed by atoms with Crippen LogP contribution in [-0.2, 0) is 60.7 Å². The Bertz CT molecular complexity index is 5840. The van der Waals surface area contributed by atoms with Crippen LogP contribution in [0.5, 0.6) is 11.5 Å². The van der Waals surface area contributed by atoms with Gasteiger partial charge in [0.2, 0.25) is 0 Å². The van der Waals surface area contributed by atoms with E-state index in [1.807, 2.05) is 0 Å². The van der Waals surface area contributed by atoms with Gasteiger partial charge in [0.25, 0.3) is 60.7 Å². The van der Waals surface area contributed by atoms with E-state index in [1.165, 1.54) is 72.8 Å². The Kier molecular flexibility index (Phi) is 15.9. The van der Waals surface area contributed by atoms with Gasteiger partial charge in [-0.1, -0.05) is 48.5 Å². The van der Waals surface area contributed by atoms with Crippen molar-refractivity contribution in [2.75, 3.05) is 5.32 Å². The molecule has 0 unspecified atom stereocenters. The third-order valence-corrected chi connectivity index (χ3v) is 18.8. The Morgan fingerprint density at radius 2 is 0.736 bits per heavy atom. The second-order valence-electron chi connectivity index (χ2n) is 19.5. The normalized spacial score (nSPS) is 13.2. The molecule has 0 saturated carbocycles. The SMILES string of the molecule is O=S(=O)(O)c1cc(O)c2c(N=Nc3ccc(N=Nc4ccc(N=Nc5c(S(=O)(=O)O)cc6c(N=Nc7cccc8ccc(S(=O)(=O)O)cc78)c(Nc7ccccc7)ccc6c5O)c5cc(S(=O)(=O)O)ccc45)c4cc(S(=O)(=O)O)ccc34)cc(S(=O)(=O)O)cc2c1. The fourth-order valence-electron chi connectivity index (χ4n) is 9.54. The molecule has 462 valence electrons. The summed E-state index contributed by atoms with van der Waals surface area (Å²) >= 11 is 0. The largest absolute Gasteiger partial charge is 0.507 e. The average molecular weight is 1350 g/mol. The summed E-state index contributed by atoms with van der Waals surface area (Å²) in [6, 6.07) is 35.0. The van der Waals surface area contributed by atoms with E-state index < -0.39 is 113 Å². The number of aromatic hydroxyl groups is 2. The number of hydrogen-bond acceptors (Lipinski definition) is 23. The highest BCUT2D eigenvalue weighted by molar-refractivity contribution is 7.87. The summed E-state index contributed by atoms with van der Waals surface area (Å²) in [5.41, 5.74) is -1.27. The third-order valence-electron chi connectivity index (χ3n) is 13.7. The maximum atomic E-state index is 13.4. The van der Waals surface area contributed by atoms with E-state index in [4.69, 9.17) is 0 Å². The van der Waals surface area contributed by atoms with Crippen molar-refractivity contribution in [1.29, 1.82) is 0 Å². The van der Waals surface area contributed by atoms with Gasteiger partial charge in [-0.15, -0.1) is 40.9 Å². The minimum absolute atomic E-state index is 0.0128. The summed E-state index contributed by atoms with van der Waals surface area (Å²) in [5.74, 6) is -1.71. The number of hydrogen-bond donors (Lipinski definition) is 9. The molecule has 91 heavy (non-hydrogen) atoms. The summed E-state index contributed by atoms with van der Waals surface area (Å²) in [7, 11) is -29.9. The van der Waals surface area contributed by atoms with E-state index >= 15 is 0 Å². The first kappa shape index (κ1) is 62.6. The molecule has 9 N–H and O–H groups in total. The molecular formula is C56H37N9O20S6. The number of benzene rings is 11. The Balaban J connectivity index is 1.02. The van der Waals surface area contributed by atoms with Crippen molar-refractivity contribution in [2.24, 2.45) is 40.9 Å². The standard InChI is InChI=1S/C56H37N9O20S6/c66-51-27-36(90(80,81)82)22-30-21-35(89(77,78)79)26-50(53(30)51)63-59-46-17-19-47(41-24-33(87(71,72)73)11-13-37(41)46)60-58-45-18-20-48(42-25-34(88(74,75)76)12-14-38(42)45)62-65-55-52(91(83,84)85)28-43-39(56(55)67)15-16-49(57-31-6-2-1-3-7-31)54(43)64-61-44-8-4-5-29-9-10-32(23-40(29)44)86(68,69)70/h1-28,57,66-67H,(H,68,69,70)(H,71,72,73)(H,74,75,76)(H,77,78,79)(H,80,81,82)(H,83,84,85). The molecule has 11 aromatic carbocycles. The number of nitrogens with zero attached hydrogens (tertiary/aromatic N) is 8. The quantitative estimate of drug-likeness (QED) is 0.0320. The number of anilines is 2. The number of rotatable bonds is 16. The average Bonchev–Trinajstić information content (AvgIpc) is 0.790. The van der Waals surface area contributed by atoms with Crippen molar-refractivity contribution >= 4 is 171 Å². The van der Waals surface area contributed by atoms with E-state index in [2.05, 4.69) is 46.2 Å². The predicted molar refractivity (Wildman–Crippen MR) is 328 cm³/mol. The molecule has 0 amide bonds. The predicted octanol–water partition coefficient (Wildman–Crippen LogP) is 13.7.